The van der Waals surface area contributed by atoms with E-state index in [4.69, 9.17) is 14.9 Å². The number of amides is 1. The van der Waals surface area contributed by atoms with Crippen molar-refractivity contribution in [3.8, 4) is 5.75 Å². The number of hydrogen-bond donors (Lipinski definition) is 1. The Hall–Kier alpha value is -4.19. The van der Waals surface area contributed by atoms with Crippen LogP contribution in [0.5, 0.6) is 5.75 Å². The van der Waals surface area contributed by atoms with E-state index < -0.39 is 5.91 Å². The summed E-state index contributed by atoms with van der Waals surface area (Å²) in [6.45, 7) is 0.605. The van der Waals surface area contributed by atoms with Crippen molar-refractivity contribution in [2.45, 2.75) is 19.3 Å². The van der Waals surface area contributed by atoms with Gasteiger partial charge in [-0.3, -0.25) is 9.59 Å². The number of primary amides is 1. The predicted molar refractivity (Wildman–Crippen MR) is 131 cm³/mol. The van der Waals surface area contributed by atoms with Crippen molar-refractivity contribution in [2.75, 3.05) is 6.61 Å². The van der Waals surface area contributed by atoms with Crippen LogP contribution in [0.1, 0.15) is 40.1 Å². The van der Waals surface area contributed by atoms with Gasteiger partial charge in [0.15, 0.2) is 11.2 Å². The van der Waals surface area contributed by atoms with Crippen molar-refractivity contribution in [3.63, 3.8) is 0 Å². The van der Waals surface area contributed by atoms with Crippen LogP contribution < -0.4 is 15.9 Å². The average Bonchev–Trinajstić information content (AvgIpc) is 2.84. The molecule has 6 heteroatoms. The highest BCUT2D eigenvalue weighted by atomic mass is 19.1. The average molecular weight is 458 g/mol. The molecule has 1 heterocycles. The van der Waals surface area contributed by atoms with E-state index in [1.165, 1.54) is 12.1 Å². The molecule has 0 bridgehead atoms. The molecule has 0 aliphatic carbocycles. The molecule has 0 saturated carbocycles. The molecule has 2 N–H and O–H groups in total. The third kappa shape index (κ3) is 5.78. The van der Waals surface area contributed by atoms with Crippen molar-refractivity contribution in [1.82, 2.24) is 0 Å². The number of halogens is 1. The molecular weight excluding hydrogens is 433 g/mol. The Bertz CT molecular complexity index is 1370. The maximum atomic E-state index is 12.9. The van der Waals surface area contributed by atoms with Gasteiger partial charge in [-0.05, 0) is 60.7 Å². The minimum atomic E-state index is -0.788. The number of unbranched alkanes of at least 4 members (excludes halogenated alkanes) is 1. The van der Waals surface area contributed by atoms with Gasteiger partial charge in [-0.2, -0.15) is 0 Å². The summed E-state index contributed by atoms with van der Waals surface area (Å²) in [4.78, 5) is 23.7. The van der Waals surface area contributed by atoms with E-state index in [-0.39, 0.29) is 17.0 Å². The molecule has 0 radical (unpaired) electrons. The monoisotopic (exact) mass is 457 g/mol. The van der Waals surface area contributed by atoms with Crippen molar-refractivity contribution in [3.05, 3.63) is 111 Å². The summed E-state index contributed by atoms with van der Waals surface area (Å²) in [7, 11) is 0. The van der Waals surface area contributed by atoms with E-state index in [1.807, 2.05) is 48.6 Å². The maximum absolute atomic E-state index is 12.9. The largest absolute Gasteiger partial charge is 0.494 e. The summed E-state index contributed by atoms with van der Waals surface area (Å²) in [6, 6.07) is 20.6. The smallest absolute Gasteiger partial charge is 0.284 e. The standard InChI is InChI=1S/C28H24FNO4/c29-22-13-8-19(9-14-22)4-1-2-17-33-23-15-10-20(11-16-23)7-12-21-5-3-6-24-25(31)18-26(28(30)32)34-27(21)24/h3,5-16,18H,1-2,4,17H2,(H2,30,32)/b12-7+. The molecule has 3 aromatic carbocycles. The number of para-hydroxylation sites is 1. The quantitative estimate of drug-likeness (QED) is 0.262. The molecule has 0 aliphatic heterocycles. The van der Waals surface area contributed by atoms with Gasteiger partial charge in [-0.15, -0.1) is 0 Å². The Balaban J connectivity index is 1.35. The number of benzene rings is 3. The zero-order chi connectivity index (χ0) is 23.9. The summed E-state index contributed by atoms with van der Waals surface area (Å²) >= 11 is 0. The number of rotatable bonds is 9. The summed E-state index contributed by atoms with van der Waals surface area (Å²) in [5, 5.41) is 0.385. The van der Waals surface area contributed by atoms with E-state index in [2.05, 4.69) is 0 Å². The molecule has 0 unspecified atom stereocenters. The van der Waals surface area contributed by atoms with E-state index in [0.29, 0.717) is 23.1 Å². The molecule has 5 nitrogen and oxygen atoms in total. The number of aryl methyl sites for hydroxylation is 1. The number of carbonyl (C=O) groups excluding carboxylic acids is 1. The van der Waals surface area contributed by atoms with Gasteiger partial charge >= 0.3 is 0 Å². The van der Waals surface area contributed by atoms with Gasteiger partial charge in [0.05, 0.1) is 12.0 Å². The zero-order valence-corrected chi connectivity index (χ0v) is 18.5. The second-order valence-electron chi connectivity index (χ2n) is 7.90. The fraction of sp³-hybridized carbons (Fsp3) is 0.143. The highest BCUT2D eigenvalue weighted by molar-refractivity contribution is 5.94. The molecular formula is C28H24FNO4. The molecule has 4 rings (SSSR count). The first kappa shape index (κ1) is 23.0. The van der Waals surface area contributed by atoms with E-state index >= 15 is 0 Å². The fourth-order valence-corrected chi connectivity index (χ4v) is 3.59. The van der Waals surface area contributed by atoms with Gasteiger partial charge in [-0.25, -0.2) is 4.39 Å². The van der Waals surface area contributed by atoms with Crippen LogP contribution in [0, 0.1) is 5.82 Å². The summed E-state index contributed by atoms with van der Waals surface area (Å²) < 4.78 is 24.3. The molecule has 0 aliphatic rings. The molecule has 0 fully saturated rings. The highest BCUT2D eigenvalue weighted by Crippen LogP contribution is 2.21. The minimum Gasteiger partial charge on any atom is -0.494 e. The lowest BCUT2D eigenvalue weighted by Gasteiger charge is -2.07. The third-order valence-corrected chi connectivity index (χ3v) is 5.41. The van der Waals surface area contributed by atoms with Gasteiger partial charge in [0.1, 0.15) is 17.1 Å². The first-order valence-corrected chi connectivity index (χ1v) is 11.0. The van der Waals surface area contributed by atoms with Crippen molar-refractivity contribution < 1.29 is 18.3 Å². The molecule has 0 atom stereocenters. The summed E-state index contributed by atoms with van der Waals surface area (Å²) in [6.07, 6.45) is 6.46. The highest BCUT2D eigenvalue weighted by Gasteiger charge is 2.11. The van der Waals surface area contributed by atoms with Gasteiger partial charge in [0.2, 0.25) is 0 Å². The number of carbonyl (C=O) groups is 1. The van der Waals surface area contributed by atoms with E-state index in [0.717, 1.165) is 42.2 Å². The number of fused-ring (bicyclic) bond motifs is 1. The first-order valence-electron chi connectivity index (χ1n) is 11.0. The summed E-state index contributed by atoms with van der Waals surface area (Å²) in [5.41, 5.74) is 8.00. The van der Waals surface area contributed by atoms with Gasteiger partial charge in [0, 0.05) is 11.6 Å². The van der Waals surface area contributed by atoms with Gasteiger partial charge < -0.3 is 14.9 Å². The topological polar surface area (TPSA) is 82.5 Å². The van der Waals surface area contributed by atoms with Crippen molar-refractivity contribution in [2.24, 2.45) is 5.73 Å². The molecule has 1 amide bonds. The van der Waals surface area contributed by atoms with Crippen LogP contribution in [0.2, 0.25) is 0 Å². The Labute approximate surface area is 196 Å². The van der Waals surface area contributed by atoms with Crippen LogP contribution in [-0.4, -0.2) is 12.5 Å². The minimum absolute atomic E-state index is 0.169. The van der Waals surface area contributed by atoms with Crippen LogP contribution in [0.4, 0.5) is 4.39 Å². The predicted octanol–water partition coefficient (Wildman–Crippen LogP) is 5.60. The Morgan fingerprint density at radius 2 is 1.74 bits per heavy atom. The number of ether oxygens (including phenoxy) is 1. The molecule has 0 spiro atoms. The normalized spacial score (nSPS) is 11.2. The number of nitrogens with two attached hydrogens (primary N) is 1. The molecule has 0 saturated heterocycles. The zero-order valence-electron chi connectivity index (χ0n) is 18.5. The van der Waals surface area contributed by atoms with Crippen LogP contribution >= 0.6 is 0 Å². The second kappa shape index (κ2) is 10.6. The lowest BCUT2D eigenvalue weighted by atomic mass is 10.1. The second-order valence-corrected chi connectivity index (χ2v) is 7.90. The Morgan fingerprint density at radius 1 is 0.971 bits per heavy atom. The maximum Gasteiger partial charge on any atom is 0.284 e. The van der Waals surface area contributed by atoms with Crippen LogP contribution in [0.15, 0.2) is 82.0 Å². The van der Waals surface area contributed by atoms with Crippen LogP contribution in [0.25, 0.3) is 23.1 Å². The van der Waals surface area contributed by atoms with Gasteiger partial charge in [-0.1, -0.05) is 48.6 Å². The van der Waals surface area contributed by atoms with Gasteiger partial charge in [0.25, 0.3) is 5.91 Å². The Kier molecular flexibility index (Phi) is 7.18. The van der Waals surface area contributed by atoms with E-state index in [9.17, 15) is 14.0 Å². The SMILES string of the molecule is NC(=O)c1cc(=O)c2cccc(/C=C/c3ccc(OCCCCc4ccc(F)cc4)cc3)c2o1. The number of hydrogen-bond acceptors (Lipinski definition) is 4. The van der Waals surface area contributed by atoms with Crippen LogP contribution in [0.3, 0.4) is 0 Å². The third-order valence-electron chi connectivity index (χ3n) is 5.41. The van der Waals surface area contributed by atoms with Crippen molar-refractivity contribution >= 4 is 29.0 Å². The fourth-order valence-electron chi connectivity index (χ4n) is 3.59. The van der Waals surface area contributed by atoms with Crippen LogP contribution in [-0.2, 0) is 6.42 Å². The lowest BCUT2D eigenvalue weighted by Crippen LogP contribution is -2.14. The molecule has 1 aromatic heterocycles. The van der Waals surface area contributed by atoms with Crippen molar-refractivity contribution in [1.29, 1.82) is 0 Å². The Morgan fingerprint density at radius 3 is 2.47 bits per heavy atom. The first-order chi connectivity index (χ1) is 16.5. The molecule has 34 heavy (non-hydrogen) atoms. The van der Waals surface area contributed by atoms with E-state index in [1.54, 1.807) is 18.2 Å². The summed E-state index contributed by atoms with van der Waals surface area (Å²) in [5.74, 6) is -0.395. The lowest BCUT2D eigenvalue weighted by molar-refractivity contribution is 0.0974. The molecule has 4 aromatic rings. The molecule has 172 valence electrons.